The van der Waals surface area contributed by atoms with Crippen LogP contribution in [-0.4, -0.2) is 31.4 Å². The van der Waals surface area contributed by atoms with E-state index in [2.05, 4.69) is 0 Å². The largest absolute Gasteiger partial charge is 0.494 e. The van der Waals surface area contributed by atoms with Crippen LogP contribution in [0.1, 0.15) is 38.8 Å². The van der Waals surface area contributed by atoms with Crippen molar-refractivity contribution in [1.82, 2.24) is 0 Å². The summed E-state index contributed by atoms with van der Waals surface area (Å²) in [5.74, 6) is 0.214. The van der Waals surface area contributed by atoms with Gasteiger partial charge in [-0.3, -0.25) is 4.79 Å². The van der Waals surface area contributed by atoms with Gasteiger partial charge in [0.2, 0.25) is 0 Å². The Bertz CT molecular complexity index is 779. The van der Waals surface area contributed by atoms with Gasteiger partial charge in [-0.2, -0.15) is 0 Å². The number of ketones is 1. The summed E-state index contributed by atoms with van der Waals surface area (Å²) in [6.45, 7) is 10.2. The van der Waals surface area contributed by atoms with Crippen LogP contribution in [0.2, 0.25) is 6.82 Å². The van der Waals surface area contributed by atoms with Crippen molar-refractivity contribution in [1.29, 1.82) is 0 Å². The van der Waals surface area contributed by atoms with Crippen LogP contribution in [0.5, 0.6) is 0 Å². The molecule has 0 N–H and O–H groups in total. The lowest BCUT2D eigenvalue weighted by molar-refractivity contribution is -0.117. The molecule has 0 atom stereocenters. The standard InChI is InChI=1S/C22H27B2O3/c1-21(2)22(3,4)27-24(26-21)19-12-8-17(9-13-19)15-20(25)14-16-6-10-18(23-5)11-7-16/h6-13H,14-15H2,1-5H3. The summed E-state index contributed by atoms with van der Waals surface area (Å²) >= 11 is 0. The number of benzene rings is 2. The van der Waals surface area contributed by atoms with E-state index >= 15 is 0 Å². The van der Waals surface area contributed by atoms with Crippen molar-refractivity contribution >= 4 is 31.1 Å². The fraction of sp³-hybridized carbons (Fsp3) is 0.409. The monoisotopic (exact) mass is 361 g/mol. The summed E-state index contributed by atoms with van der Waals surface area (Å²) in [6, 6.07) is 16.1. The first-order valence-corrected chi connectivity index (χ1v) is 9.55. The summed E-state index contributed by atoms with van der Waals surface area (Å²) in [5.41, 5.74) is 3.52. The predicted octanol–water partition coefficient (Wildman–Crippen LogP) is 2.72. The molecule has 27 heavy (non-hydrogen) atoms. The van der Waals surface area contributed by atoms with Gasteiger partial charge in [-0.25, -0.2) is 0 Å². The van der Waals surface area contributed by atoms with E-state index in [0.29, 0.717) is 12.8 Å². The molecular formula is C22H27B2O3. The average molecular weight is 361 g/mol. The van der Waals surface area contributed by atoms with Crippen molar-refractivity contribution in [2.45, 2.75) is 58.6 Å². The van der Waals surface area contributed by atoms with E-state index in [9.17, 15) is 4.79 Å². The maximum Gasteiger partial charge on any atom is 0.494 e. The van der Waals surface area contributed by atoms with E-state index in [1.165, 1.54) is 5.46 Å². The number of rotatable bonds is 6. The Labute approximate surface area is 163 Å². The summed E-state index contributed by atoms with van der Waals surface area (Å²) in [4.78, 5) is 12.4. The minimum atomic E-state index is -0.367. The highest BCUT2D eigenvalue weighted by molar-refractivity contribution is 6.62. The molecule has 2 aromatic carbocycles. The fourth-order valence-electron chi connectivity index (χ4n) is 3.12. The molecule has 139 valence electrons. The van der Waals surface area contributed by atoms with E-state index in [-0.39, 0.29) is 24.1 Å². The Kier molecular flexibility index (Phi) is 5.64. The van der Waals surface area contributed by atoms with Crippen LogP contribution in [-0.2, 0) is 26.9 Å². The molecule has 1 aliphatic rings. The van der Waals surface area contributed by atoms with Crippen LogP contribution < -0.4 is 10.9 Å². The molecule has 0 amide bonds. The minimum absolute atomic E-state index is 0.214. The van der Waals surface area contributed by atoms with Gasteiger partial charge in [-0.1, -0.05) is 60.8 Å². The molecule has 3 nitrogen and oxygen atoms in total. The molecule has 0 unspecified atom stereocenters. The normalized spacial score (nSPS) is 17.7. The SMILES string of the molecule is C[B]c1ccc(CC(=O)Cc2ccc(B3OC(C)(C)C(C)(C)O3)cc2)cc1. The zero-order valence-electron chi connectivity index (χ0n) is 16.9. The predicted molar refractivity (Wildman–Crippen MR) is 112 cm³/mol. The second kappa shape index (κ2) is 7.65. The molecule has 0 saturated carbocycles. The fourth-order valence-corrected chi connectivity index (χ4v) is 3.12. The number of Topliss-reactive ketones (excluding diaryl/α,β-unsaturated/α-hetero) is 1. The third-order valence-corrected chi connectivity index (χ3v) is 5.62. The Morgan fingerprint density at radius 2 is 1.30 bits per heavy atom. The minimum Gasteiger partial charge on any atom is -0.399 e. The highest BCUT2D eigenvalue weighted by Gasteiger charge is 2.51. The highest BCUT2D eigenvalue weighted by Crippen LogP contribution is 2.36. The van der Waals surface area contributed by atoms with Crippen molar-refractivity contribution in [3.05, 3.63) is 59.7 Å². The second-order valence-electron chi connectivity index (χ2n) is 8.25. The van der Waals surface area contributed by atoms with Gasteiger partial charge in [0, 0.05) is 12.8 Å². The molecule has 1 heterocycles. The van der Waals surface area contributed by atoms with Crippen LogP contribution in [0.4, 0.5) is 0 Å². The smallest absolute Gasteiger partial charge is 0.399 e. The Morgan fingerprint density at radius 3 is 1.74 bits per heavy atom. The van der Waals surface area contributed by atoms with Gasteiger partial charge in [0.1, 0.15) is 13.1 Å². The van der Waals surface area contributed by atoms with Gasteiger partial charge in [0.25, 0.3) is 0 Å². The molecule has 1 fully saturated rings. The number of hydrogen-bond acceptors (Lipinski definition) is 3. The lowest BCUT2D eigenvalue weighted by Gasteiger charge is -2.32. The van der Waals surface area contributed by atoms with E-state index in [1.807, 2.05) is 90.3 Å². The first kappa shape index (κ1) is 19.9. The summed E-state index contributed by atoms with van der Waals surface area (Å²) in [6.07, 6.45) is 0.897. The van der Waals surface area contributed by atoms with Gasteiger partial charge in [0.05, 0.1) is 11.2 Å². The first-order valence-electron chi connectivity index (χ1n) is 9.55. The van der Waals surface area contributed by atoms with Crippen molar-refractivity contribution in [2.75, 3.05) is 0 Å². The Balaban J connectivity index is 1.60. The maximum atomic E-state index is 12.4. The number of carbonyl (C=O) groups is 1. The lowest BCUT2D eigenvalue weighted by atomic mass is 9.73. The maximum absolute atomic E-state index is 12.4. The Morgan fingerprint density at radius 1 is 0.852 bits per heavy atom. The quantitative estimate of drug-likeness (QED) is 0.743. The van der Waals surface area contributed by atoms with Crippen LogP contribution in [0.3, 0.4) is 0 Å². The van der Waals surface area contributed by atoms with Crippen molar-refractivity contribution < 1.29 is 14.1 Å². The van der Waals surface area contributed by atoms with Crippen molar-refractivity contribution in [2.24, 2.45) is 0 Å². The van der Waals surface area contributed by atoms with Gasteiger partial charge in [0.15, 0.2) is 0 Å². The summed E-state index contributed by atoms with van der Waals surface area (Å²) in [5, 5.41) is 0. The molecule has 1 radical (unpaired) electrons. The molecule has 0 aromatic heterocycles. The number of carbonyl (C=O) groups excluding carboxylic acids is 1. The summed E-state index contributed by atoms with van der Waals surface area (Å²) < 4.78 is 12.2. The van der Waals surface area contributed by atoms with E-state index in [4.69, 9.17) is 9.31 Å². The molecule has 1 aliphatic heterocycles. The molecule has 3 rings (SSSR count). The summed E-state index contributed by atoms with van der Waals surface area (Å²) in [7, 11) is 1.68. The van der Waals surface area contributed by atoms with Crippen LogP contribution in [0.25, 0.3) is 0 Å². The van der Waals surface area contributed by atoms with Gasteiger partial charge in [-0.05, 0) is 44.3 Å². The third kappa shape index (κ3) is 4.53. The Hall–Kier alpha value is -1.84. The van der Waals surface area contributed by atoms with Crippen molar-refractivity contribution in [3.8, 4) is 0 Å². The van der Waals surface area contributed by atoms with E-state index < -0.39 is 0 Å². The van der Waals surface area contributed by atoms with Gasteiger partial charge in [-0.15, -0.1) is 0 Å². The third-order valence-electron chi connectivity index (χ3n) is 5.62. The van der Waals surface area contributed by atoms with Gasteiger partial charge < -0.3 is 9.31 Å². The molecule has 1 saturated heterocycles. The van der Waals surface area contributed by atoms with Gasteiger partial charge >= 0.3 is 7.12 Å². The molecular weight excluding hydrogens is 334 g/mol. The molecule has 0 bridgehead atoms. The van der Waals surface area contributed by atoms with Crippen molar-refractivity contribution in [3.63, 3.8) is 0 Å². The molecule has 0 aliphatic carbocycles. The first-order chi connectivity index (χ1) is 12.7. The lowest BCUT2D eigenvalue weighted by Crippen LogP contribution is -2.41. The number of hydrogen-bond donors (Lipinski definition) is 0. The molecule has 0 spiro atoms. The van der Waals surface area contributed by atoms with E-state index in [0.717, 1.165) is 16.6 Å². The topological polar surface area (TPSA) is 35.5 Å². The van der Waals surface area contributed by atoms with Crippen LogP contribution in [0.15, 0.2) is 48.5 Å². The molecule has 5 heteroatoms. The zero-order chi connectivity index (χ0) is 19.7. The zero-order valence-corrected chi connectivity index (χ0v) is 16.9. The molecule has 2 aromatic rings. The highest BCUT2D eigenvalue weighted by atomic mass is 16.7. The van der Waals surface area contributed by atoms with Crippen LogP contribution >= 0.6 is 0 Å². The van der Waals surface area contributed by atoms with Crippen LogP contribution in [0, 0.1) is 0 Å². The average Bonchev–Trinajstić information content (AvgIpc) is 2.84. The van der Waals surface area contributed by atoms with E-state index in [1.54, 1.807) is 0 Å². The second-order valence-corrected chi connectivity index (χ2v) is 8.25.